The normalized spacial score (nSPS) is 17.0. The SMILES string of the molecule is N#Cc1c[nH]c2ncnc(N3CCC[C@H]3c3nn4c(F)ccc4c(=O)[nH]3)c12. The van der Waals surface area contributed by atoms with Crippen molar-refractivity contribution in [3.8, 4) is 6.07 Å². The first-order valence-electron chi connectivity index (χ1n) is 8.43. The van der Waals surface area contributed by atoms with E-state index in [1.807, 2.05) is 4.90 Å². The van der Waals surface area contributed by atoms with E-state index in [1.54, 1.807) is 6.20 Å². The predicted molar refractivity (Wildman–Crippen MR) is 93.7 cm³/mol. The smallest absolute Gasteiger partial charge is 0.275 e. The van der Waals surface area contributed by atoms with Crippen LogP contribution in [0.5, 0.6) is 0 Å². The molecule has 1 aliphatic heterocycles. The van der Waals surface area contributed by atoms with Crippen molar-refractivity contribution < 1.29 is 4.39 Å². The zero-order valence-electron chi connectivity index (χ0n) is 14.0. The maximum atomic E-state index is 14.0. The maximum Gasteiger partial charge on any atom is 0.275 e. The molecule has 4 aromatic heterocycles. The van der Waals surface area contributed by atoms with Gasteiger partial charge >= 0.3 is 0 Å². The van der Waals surface area contributed by atoms with Crippen LogP contribution in [0.1, 0.15) is 30.3 Å². The fourth-order valence-corrected chi connectivity index (χ4v) is 3.70. The largest absolute Gasteiger partial charge is 0.346 e. The van der Waals surface area contributed by atoms with E-state index < -0.39 is 11.5 Å². The monoisotopic (exact) mass is 364 g/mol. The summed E-state index contributed by atoms with van der Waals surface area (Å²) in [6.45, 7) is 0.669. The summed E-state index contributed by atoms with van der Waals surface area (Å²) >= 11 is 0. The van der Waals surface area contributed by atoms with Gasteiger partial charge in [-0.3, -0.25) is 4.79 Å². The van der Waals surface area contributed by atoms with E-state index in [-0.39, 0.29) is 11.6 Å². The summed E-state index contributed by atoms with van der Waals surface area (Å²) < 4.78 is 15.0. The van der Waals surface area contributed by atoms with Gasteiger partial charge in [0, 0.05) is 12.7 Å². The molecule has 0 saturated carbocycles. The quantitative estimate of drug-likeness (QED) is 0.558. The number of anilines is 1. The number of halogens is 1. The molecule has 1 fully saturated rings. The standard InChI is InChI=1S/C17H13FN8O/c18-12-4-3-11-17(27)23-14(24-26(11)12)10-2-1-5-25(10)16-13-9(6-19)7-20-15(13)21-8-22-16/h3-4,7-8,10H,1-2,5H2,(H,20,21,22)(H,23,24,27)/t10-/m0/s1. The first-order valence-corrected chi connectivity index (χ1v) is 8.43. The zero-order valence-corrected chi connectivity index (χ0v) is 14.0. The van der Waals surface area contributed by atoms with Gasteiger partial charge in [-0.15, -0.1) is 5.10 Å². The Bertz CT molecular complexity index is 1280. The van der Waals surface area contributed by atoms with Crippen LogP contribution in [-0.2, 0) is 0 Å². The highest BCUT2D eigenvalue weighted by Gasteiger charge is 2.32. The molecule has 0 bridgehead atoms. The third-order valence-electron chi connectivity index (χ3n) is 4.90. The minimum Gasteiger partial charge on any atom is -0.346 e. The van der Waals surface area contributed by atoms with Crippen molar-refractivity contribution in [2.75, 3.05) is 11.4 Å². The molecular formula is C17H13FN8O. The first-order chi connectivity index (χ1) is 13.2. The average Bonchev–Trinajstić information content (AvgIpc) is 3.39. The van der Waals surface area contributed by atoms with Crippen LogP contribution in [0, 0.1) is 17.3 Å². The van der Waals surface area contributed by atoms with E-state index in [9.17, 15) is 14.4 Å². The summed E-state index contributed by atoms with van der Waals surface area (Å²) in [6, 6.07) is 4.45. The molecule has 5 heterocycles. The third kappa shape index (κ3) is 2.21. The second kappa shape index (κ2) is 5.63. The zero-order chi connectivity index (χ0) is 18.5. The Balaban J connectivity index is 1.67. The van der Waals surface area contributed by atoms with Gasteiger partial charge in [0.05, 0.1) is 17.0 Å². The van der Waals surface area contributed by atoms with E-state index in [0.717, 1.165) is 17.4 Å². The van der Waals surface area contributed by atoms with Gasteiger partial charge in [-0.1, -0.05) is 0 Å². The minimum absolute atomic E-state index is 0.155. The van der Waals surface area contributed by atoms with Gasteiger partial charge in [0.2, 0.25) is 5.95 Å². The van der Waals surface area contributed by atoms with Crippen LogP contribution in [0.25, 0.3) is 16.6 Å². The van der Waals surface area contributed by atoms with Gasteiger partial charge in [0.1, 0.15) is 29.4 Å². The van der Waals surface area contributed by atoms with Crippen LogP contribution in [-0.4, -0.2) is 36.1 Å². The van der Waals surface area contributed by atoms with Gasteiger partial charge in [-0.25, -0.2) is 9.97 Å². The van der Waals surface area contributed by atoms with Crippen molar-refractivity contribution in [1.29, 1.82) is 5.26 Å². The topological polar surface area (TPSA) is 119 Å². The van der Waals surface area contributed by atoms with Crippen LogP contribution >= 0.6 is 0 Å². The van der Waals surface area contributed by atoms with Crippen molar-refractivity contribution in [2.24, 2.45) is 0 Å². The number of aromatic nitrogens is 6. The molecule has 5 rings (SSSR count). The molecule has 0 radical (unpaired) electrons. The molecule has 0 aliphatic carbocycles. The third-order valence-corrected chi connectivity index (χ3v) is 4.90. The fourth-order valence-electron chi connectivity index (χ4n) is 3.70. The number of hydrogen-bond acceptors (Lipinski definition) is 6. The van der Waals surface area contributed by atoms with Gasteiger partial charge < -0.3 is 14.9 Å². The van der Waals surface area contributed by atoms with E-state index in [0.29, 0.717) is 34.8 Å². The highest BCUT2D eigenvalue weighted by molar-refractivity contribution is 5.93. The van der Waals surface area contributed by atoms with Gasteiger partial charge in [0.15, 0.2) is 5.82 Å². The number of H-pyrrole nitrogens is 2. The Kier molecular flexibility index (Phi) is 3.24. The van der Waals surface area contributed by atoms with E-state index in [4.69, 9.17) is 0 Å². The van der Waals surface area contributed by atoms with Crippen molar-refractivity contribution in [3.63, 3.8) is 0 Å². The molecule has 0 aromatic carbocycles. The van der Waals surface area contributed by atoms with Gasteiger partial charge in [0.25, 0.3) is 5.56 Å². The molecular weight excluding hydrogens is 351 g/mol. The molecule has 0 spiro atoms. The highest BCUT2D eigenvalue weighted by atomic mass is 19.1. The molecule has 0 unspecified atom stereocenters. The summed E-state index contributed by atoms with van der Waals surface area (Å²) in [5.74, 6) is 0.362. The first kappa shape index (κ1) is 15.5. The van der Waals surface area contributed by atoms with Crippen molar-refractivity contribution >= 4 is 22.4 Å². The Morgan fingerprint density at radius 3 is 3.07 bits per heavy atom. The lowest BCUT2D eigenvalue weighted by Gasteiger charge is -2.25. The Labute approximate surface area is 151 Å². The number of fused-ring (bicyclic) bond motifs is 2. The van der Waals surface area contributed by atoms with E-state index in [1.165, 1.54) is 18.5 Å². The molecule has 10 heteroatoms. The van der Waals surface area contributed by atoms with Gasteiger partial charge in [-0.2, -0.15) is 14.2 Å². The summed E-state index contributed by atoms with van der Waals surface area (Å²) in [7, 11) is 0. The Hall–Kier alpha value is -3.74. The van der Waals surface area contributed by atoms with E-state index >= 15 is 0 Å². The summed E-state index contributed by atoms with van der Waals surface area (Å²) in [4.78, 5) is 28.6. The second-order valence-corrected chi connectivity index (χ2v) is 6.38. The lowest BCUT2D eigenvalue weighted by Crippen LogP contribution is -2.28. The summed E-state index contributed by atoms with van der Waals surface area (Å²) in [6.07, 6.45) is 4.58. The van der Waals surface area contributed by atoms with Crippen molar-refractivity contribution in [3.05, 3.63) is 52.3 Å². The average molecular weight is 364 g/mol. The molecule has 2 N–H and O–H groups in total. The highest BCUT2D eigenvalue weighted by Crippen LogP contribution is 2.37. The molecule has 4 aromatic rings. The number of nitrogens with zero attached hydrogens (tertiary/aromatic N) is 6. The van der Waals surface area contributed by atoms with Crippen LogP contribution in [0.15, 0.2) is 29.5 Å². The lowest BCUT2D eigenvalue weighted by molar-refractivity contribution is 0.529. The number of nitrogens with one attached hydrogen (secondary N) is 2. The van der Waals surface area contributed by atoms with Crippen LogP contribution in [0.4, 0.5) is 10.2 Å². The van der Waals surface area contributed by atoms with Gasteiger partial charge in [-0.05, 0) is 25.0 Å². The maximum absolute atomic E-state index is 14.0. The molecule has 1 saturated heterocycles. The van der Waals surface area contributed by atoms with Crippen molar-refractivity contribution in [2.45, 2.75) is 18.9 Å². The fraction of sp³-hybridized carbons (Fsp3) is 0.235. The number of aromatic amines is 2. The molecule has 1 aliphatic rings. The molecule has 9 nitrogen and oxygen atoms in total. The molecule has 27 heavy (non-hydrogen) atoms. The Morgan fingerprint density at radius 2 is 2.22 bits per heavy atom. The molecule has 134 valence electrons. The van der Waals surface area contributed by atoms with Crippen molar-refractivity contribution in [1.82, 2.24) is 29.5 Å². The number of rotatable bonds is 2. The second-order valence-electron chi connectivity index (χ2n) is 6.38. The number of hydrogen-bond donors (Lipinski definition) is 2. The summed E-state index contributed by atoms with van der Waals surface area (Å²) in [5, 5.41) is 14.3. The van der Waals surface area contributed by atoms with E-state index in [2.05, 4.69) is 31.1 Å². The number of nitriles is 1. The minimum atomic E-state index is -0.594. The van der Waals surface area contributed by atoms with Crippen LogP contribution < -0.4 is 10.5 Å². The molecule has 1 atom stereocenters. The lowest BCUT2D eigenvalue weighted by atomic mass is 10.2. The molecule has 0 amide bonds. The predicted octanol–water partition coefficient (Wildman–Crippen LogP) is 1.65. The van der Waals surface area contributed by atoms with Crippen LogP contribution in [0.3, 0.4) is 0 Å². The Morgan fingerprint density at radius 1 is 1.33 bits per heavy atom. The summed E-state index contributed by atoms with van der Waals surface area (Å²) in [5.41, 5.74) is 0.765. The van der Waals surface area contributed by atoms with Crippen LogP contribution in [0.2, 0.25) is 0 Å².